The van der Waals surface area contributed by atoms with E-state index in [1.807, 2.05) is 6.07 Å². The molecular weight excluding hydrogens is 338 g/mol. The first-order valence-corrected chi connectivity index (χ1v) is 9.37. The molecule has 1 heterocycles. The van der Waals surface area contributed by atoms with Crippen LogP contribution in [-0.4, -0.2) is 31.7 Å². The summed E-state index contributed by atoms with van der Waals surface area (Å²) in [5, 5.41) is 11.7. The number of sulfonamides is 1. The molecule has 1 aliphatic heterocycles. The average Bonchev–Trinajstić information content (AvgIpc) is 3.18. The van der Waals surface area contributed by atoms with Gasteiger partial charge in [-0.05, 0) is 43.2 Å². The fourth-order valence-electron chi connectivity index (χ4n) is 2.76. The number of benzene rings is 2. The van der Waals surface area contributed by atoms with Crippen LogP contribution in [0.15, 0.2) is 53.4 Å². The van der Waals surface area contributed by atoms with E-state index in [0.717, 1.165) is 12.8 Å². The predicted octanol–water partition coefficient (Wildman–Crippen LogP) is 2.60. The van der Waals surface area contributed by atoms with Crippen molar-refractivity contribution in [1.82, 2.24) is 4.31 Å². The molecule has 1 N–H and O–H groups in total. The monoisotopic (exact) mass is 355 g/mol. The Labute approximate surface area is 146 Å². The minimum absolute atomic E-state index is 0.107. The number of rotatable bonds is 4. The normalized spacial score (nSPS) is 14.8. The van der Waals surface area contributed by atoms with Crippen molar-refractivity contribution < 1.29 is 13.2 Å². The molecule has 2 aromatic carbocycles. The number of nitrogens with one attached hydrogen (secondary N) is 1. The molecule has 0 aliphatic carbocycles. The summed E-state index contributed by atoms with van der Waals surface area (Å²) in [6.45, 7) is 1.02. The quantitative estimate of drug-likeness (QED) is 0.913. The van der Waals surface area contributed by atoms with Gasteiger partial charge in [-0.3, -0.25) is 4.79 Å². The molecule has 0 unspecified atom stereocenters. The van der Waals surface area contributed by atoms with Gasteiger partial charge in [-0.15, -0.1) is 0 Å². The molecule has 1 amide bonds. The van der Waals surface area contributed by atoms with Gasteiger partial charge in [0.05, 0.1) is 16.1 Å². The average molecular weight is 355 g/mol. The molecule has 1 fully saturated rings. The van der Waals surface area contributed by atoms with Gasteiger partial charge in [0, 0.05) is 18.7 Å². The topological polar surface area (TPSA) is 90.3 Å². The summed E-state index contributed by atoms with van der Waals surface area (Å²) in [6.07, 6.45) is 1.70. The van der Waals surface area contributed by atoms with E-state index in [9.17, 15) is 13.2 Å². The molecule has 25 heavy (non-hydrogen) atoms. The lowest BCUT2D eigenvalue weighted by Gasteiger charge is -2.16. The summed E-state index contributed by atoms with van der Waals surface area (Å²) >= 11 is 0. The highest BCUT2D eigenvalue weighted by molar-refractivity contribution is 7.89. The number of nitrogens with zero attached hydrogens (tertiary/aromatic N) is 2. The second-order valence-electron chi connectivity index (χ2n) is 5.75. The van der Waals surface area contributed by atoms with Crippen LogP contribution in [0.3, 0.4) is 0 Å². The van der Waals surface area contributed by atoms with E-state index in [-0.39, 0.29) is 10.5 Å². The molecule has 3 rings (SSSR count). The first kappa shape index (κ1) is 17.1. The zero-order chi connectivity index (χ0) is 17.9. The zero-order valence-electron chi connectivity index (χ0n) is 13.5. The molecule has 6 nitrogen and oxygen atoms in total. The SMILES string of the molecule is N#Cc1ccccc1NC(=O)c1cccc(S(=O)(=O)N2CCCC2)c1. The summed E-state index contributed by atoms with van der Waals surface area (Å²) < 4.78 is 26.7. The summed E-state index contributed by atoms with van der Waals surface area (Å²) in [4.78, 5) is 12.6. The lowest BCUT2D eigenvalue weighted by Crippen LogP contribution is -2.28. The first-order valence-electron chi connectivity index (χ1n) is 7.93. The third-order valence-electron chi connectivity index (χ3n) is 4.09. The van der Waals surface area contributed by atoms with E-state index in [1.165, 1.54) is 16.4 Å². The lowest BCUT2D eigenvalue weighted by molar-refractivity contribution is 0.102. The Bertz CT molecular complexity index is 942. The van der Waals surface area contributed by atoms with Crippen LogP contribution in [0.2, 0.25) is 0 Å². The van der Waals surface area contributed by atoms with E-state index in [1.54, 1.807) is 36.4 Å². The molecule has 0 bridgehead atoms. The van der Waals surface area contributed by atoms with Gasteiger partial charge in [-0.25, -0.2) is 8.42 Å². The lowest BCUT2D eigenvalue weighted by atomic mass is 10.1. The summed E-state index contributed by atoms with van der Waals surface area (Å²) in [5.41, 5.74) is 0.965. The van der Waals surface area contributed by atoms with Crippen LogP contribution < -0.4 is 5.32 Å². The van der Waals surface area contributed by atoms with Crippen LogP contribution >= 0.6 is 0 Å². The van der Waals surface area contributed by atoms with Crippen molar-refractivity contribution in [3.05, 3.63) is 59.7 Å². The van der Waals surface area contributed by atoms with Crippen LogP contribution in [0, 0.1) is 11.3 Å². The third kappa shape index (κ3) is 3.55. The van der Waals surface area contributed by atoms with Gasteiger partial charge in [0.2, 0.25) is 10.0 Å². The maximum absolute atomic E-state index is 12.6. The minimum atomic E-state index is -3.58. The summed E-state index contributed by atoms with van der Waals surface area (Å²) in [6, 6.07) is 14.6. The number of anilines is 1. The van der Waals surface area contributed by atoms with Crippen molar-refractivity contribution in [2.24, 2.45) is 0 Å². The standard InChI is InChI=1S/C18H17N3O3S/c19-13-15-6-1-2-9-17(15)20-18(22)14-7-5-8-16(12-14)25(23,24)21-10-3-4-11-21/h1-2,5-9,12H,3-4,10-11H2,(H,20,22). The highest BCUT2D eigenvalue weighted by Gasteiger charge is 2.27. The Morgan fingerprint density at radius 2 is 1.80 bits per heavy atom. The molecule has 0 radical (unpaired) electrons. The minimum Gasteiger partial charge on any atom is -0.321 e. The van der Waals surface area contributed by atoms with E-state index >= 15 is 0 Å². The first-order chi connectivity index (χ1) is 12.0. The Balaban J connectivity index is 1.86. The smallest absolute Gasteiger partial charge is 0.255 e. The van der Waals surface area contributed by atoms with Crippen LogP contribution in [0.4, 0.5) is 5.69 Å². The number of amides is 1. The van der Waals surface area contributed by atoms with Crippen molar-refractivity contribution >= 4 is 21.6 Å². The van der Waals surface area contributed by atoms with Crippen molar-refractivity contribution in [1.29, 1.82) is 5.26 Å². The van der Waals surface area contributed by atoms with E-state index in [2.05, 4.69) is 5.32 Å². The van der Waals surface area contributed by atoms with Crippen LogP contribution in [0.5, 0.6) is 0 Å². The van der Waals surface area contributed by atoms with Gasteiger partial charge < -0.3 is 5.32 Å². The third-order valence-corrected chi connectivity index (χ3v) is 5.99. The molecule has 0 spiro atoms. The Morgan fingerprint density at radius 1 is 1.08 bits per heavy atom. The molecule has 128 valence electrons. The van der Waals surface area contributed by atoms with Crippen molar-refractivity contribution in [3.8, 4) is 6.07 Å². The van der Waals surface area contributed by atoms with E-state index in [0.29, 0.717) is 24.3 Å². The molecule has 0 atom stereocenters. The van der Waals surface area contributed by atoms with Crippen molar-refractivity contribution in [3.63, 3.8) is 0 Å². The molecule has 0 saturated carbocycles. The molecule has 7 heteroatoms. The van der Waals surface area contributed by atoms with Gasteiger partial charge in [0.15, 0.2) is 0 Å². The van der Waals surface area contributed by atoms with Gasteiger partial charge in [-0.1, -0.05) is 18.2 Å². The second-order valence-corrected chi connectivity index (χ2v) is 7.69. The van der Waals surface area contributed by atoms with Crippen LogP contribution in [0.1, 0.15) is 28.8 Å². The molecule has 2 aromatic rings. The number of carbonyl (C=O) groups is 1. The van der Waals surface area contributed by atoms with Gasteiger partial charge in [0.1, 0.15) is 6.07 Å². The maximum Gasteiger partial charge on any atom is 0.255 e. The Morgan fingerprint density at radius 3 is 2.52 bits per heavy atom. The summed E-state index contributed by atoms with van der Waals surface area (Å²) in [7, 11) is -3.58. The van der Waals surface area contributed by atoms with E-state index in [4.69, 9.17) is 5.26 Å². The predicted molar refractivity (Wildman–Crippen MR) is 93.5 cm³/mol. The van der Waals surface area contributed by atoms with Crippen LogP contribution in [-0.2, 0) is 10.0 Å². The molecular formula is C18H17N3O3S. The fourth-order valence-corrected chi connectivity index (χ4v) is 4.32. The molecule has 1 saturated heterocycles. The zero-order valence-corrected chi connectivity index (χ0v) is 14.3. The fraction of sp³-hybridized carbons (Fsp3) is 0.222. The summed E-state index contributed by atoms with van der Waals surface area (Å²) in [5.74, 6) is -0.457. The van der Waals surface area contributed by atoms with Gasteiger partial charge in [-0.2, -0.15) is 9.57 Å². The van der Waals surface area contributed by atoms with Crippen LogP contribution in [0.25, 0.3) is 0 Å². The van der Waals surface area contributed by atoms with Crippen molar-refractivity contribution in [2.45, 2.75) is 17.7 Å². The second kappa shape index (κ2) is 7.05. The maximum atomic E-state index is 12.6. The van der Waals surface area contributed by atoms with E-state index < -0.39 is 15.9 Å². The molecule has 0 aromatic heterocycles. The highest BCUT2D eigenvalue weighted by atomic mass is 32.2. The highest BCUT2D eigenvalue weighted by Crippen LogP contribution is 2.22. The number of para-hydroxylation sites is 1. The number of hydrogen-bond donors (Lipinski definition) is 1. The molecule has 1 aliphatic rings. The largest absolute Gasteiger partial charge is 0.321 e. The Kier molecular flexibility index (Phi) is 4.83. The number of hydrogen-bond acceptors (Lipinski definition) is 4. The number of carbonyl (C=O) groups excluding carboxylic acids is 1. The Hall–Kier alpha value is -2.69. The van der Waals surface area contributed by atoms with Gasteiger partial charge >= 0.3 is 0 Å². The van der Waals surface area contributed by atoms with Crippen molar-refractivity contribution in [2.75, 3.05) is 18.4 Å². The number of nitriles is 1. The van der Waals surface area contributed by atoms with Gasteiger partial charge in [0.25, 0.3) is 5.91 Å².